The molecule has 0 saturated carbocycles. The lowest BCUT2D eigenvalue weighted by molar-refractivity contribution is -0.322. The lowest BCUT2D eigenvalue weighted by Crippen LogP contribution is -2.71. The molecule has 3 amide bonds. The number of hydrogen-bond acceptors (Lipinski definition) is 6. The zero-order chi connectivity index (χ0) is 34.0. The second-order valence-electron chi connectivity index (χ2n) is 14.7. The molecule has 4 aliphatic heterocycles. The largest absolute Gasteiger partial charge is 0.460 e. The van der Waals surface area contributed by atoms with Crippen LogP contribution in [0.5, 0.6) is 0 Å². The smallest absolute Gasteiger partial charge is 0.347 e. The molecule has 0 bridgehead atoms. The van der Waals surface area contributed by atoms with Gasteiger partial charge in [0.15, 0.2) is 0 Å². The van der Waals surface area contributed by atoms with E-state index in [0.717, 1.165) is 31.5 Å². The quantitative estimate of drug-likeness (QED) is 0.449. The zero-order valence-electron chi connectivity index (χ0n) is 27.1. The number of aromatic nitrogens is 1. The van der Waals surface area contributed by atoms with Crippen molar-refractivity contribution in [3.05, 3.63) is 33.9 Å². The number of halogens is 4. The molecule has 3 unspecified atom stereocenters. The van der Waals surface area contributed by atoms with Crippen molar-refractivity contribution < 1.29 is 37.4 Å². The van der Waals surface area contributed by atoms with E-state index in [-0.39, 0.29) is 31.1 Å². The SMILES string of the molecule is CC(C)C[C@H]1C(=O)N2CCCC2[C@]2(O)O[C@](NC(=O)C3C[C@@H]4c5cccc6c5c(c(Br)n6C)CC4N(C(F)(F)F)C3)(C(C)C)C(=O)N12. The van der Waals surface area contributed by atoms with E-state index in [2.05, 4.69) is 21.2 Å². The number of fused-ring (bicyclic) bond motifs is 5. The van der Waals surface area contributed by atoms with Crippen molar-refractivity contribution in [3.63, 3.8) is 0 Å². The number of ether oxygens (including phenoxy) is 1. The molecular weight excluding hydrogens is 683 g/mol. The van der Waals surface area contributed by atoms with Crippen LogP contribution in [0.1, 0.15) is 70.4 Å². The number of carbonyl (C=O) groups is 3. The molecule has 0 radical (unpaired) electrons. The highest BCUT2D eigenvalue weighted by Crippen LogP contribution is 2.51. The van der Waals surface area contributed by atoms with E-state index in [0.29, 0.717) is 24.3 Å². The molecule has 4 fully saturated rings. The third-order valence-corrected chi connectivity index (χ3v) is 12.2. The Balaban J connectivity index is 1.25. The van der Waals surface area contributed by atoms with Crippen LogP contribution in [0.4, 0.5) is 13.2 Å². The van der Waals surface area contributed by atoms with E-state index in [1.165, 1.54) is 0 Å². The fraction of sp³-hybridized carbons (Fsp3) is 0.667. The predicted molar refractivity (Wildman–Crippen MR) is 168 cm³/mol. The molecule has 7 rings (SSSR count). The van der Waals surface area contributed by atoms with Crippen LogP contribution in [0, 0.1) is 17.8 Å². The van der Waals surface area contributed by atoms with Gasteiger partial charge in [-0.3, -0.25) is 24.0 Å². The molecule has 1 aromatic heterocycles. The maximum atomic E-state index is 14.8. The summed E-state index contributed by atoms with van der Waals surface area (Å²) < 4.78 is 53.3. The van der Waals surface area contributed by atoms with E-state index in [9.17, 15) is 32.7 Å². The Morgan fingerprint density at radius 1 is 1.21 bits per heavy atom. The van der Waals surface area contributed by atoms with Gasteiger partial charge < -0.3 is 19.9 Å². The van der Waals surface area contributed by atoms with Crippen molar-refractivity contribution in [2.24, 2.45) is 24.8 Å². The summed E-state index contributed by atoms with van der Waals surface area (Å²) in [5.74, 6) is -6.44. The van der Waals surface area contributed by atoms with Gasteiger partial charge >= 0.3 is 6.30 Å². The minimum absolute atomic E-state index is 0.00182. The van der Waals surface area contributed by atoms with Crippen LogP contribution in [-0.2, 0) is 32.6 Å². The van der Waals surface area contributed by atoms with Gasteiger partial charge in [0.2, 0.25) is 17.5 Å². The molecule has 5 heterocycles. The van der Waals surface area contributed by atoms with E-state index in [1.54, 1.807) is 18.7 Å². The standard InChI is InChI=1S/C33H41BrF3N5O5/c1-16(2)12-24-29(44)40-11-7-10-25(40)32(46)42(24)30(45)31(47-32,17(3)4)38-28(43)18-13-20-19-8-6-9-22-26(19)21(27(34)39(22)5)14-23(20)41(15-18)33(35,36)37/h6,8-9,16-18,20,23-25,46H,7,10-15H2,1-5H3,(H,38,43)/t18?,20-,23?,24+,25?,31-,32+/m1/s1. The van der Waals surface area contributed by atoms with Crippen LogP contribution in [0.3, 0.4) is 0 Å². The first-order valence-corrected chi connectivity index (χ1v) is 17.3. The highest BCUT2D eigenvalue weighted by molar-refractivity contribution is 9.10. The molecule has 1 aromatic carbocycles. The number of carbonyl (C=O) groups excluding carboxylic acids is 3. The van der Waals surface area contributed by atoms with Gasteiger partial charge in [0.1, 0.15) is 12.1 Å². The molecule has 2 aromatic rings. The van der Waals surface area contributed by atoms with Crippen LogP contribution < -0.4 is 5.32 Å². The molecular formula is C33H41BrF3N5O5. The molecule has 2 N–H and O–H groups in total. The third kappa shape index (κ3) is 4.64. The molecule has 1 aliphatic carbocycles. The van der Waals surface area contributed by atoms with Gasteiger partial charge in [-0.05, 0) is 71.1 Å². The van der Waals surface area contributed by atoms with Crippen LogP contribution >= 0.6 is 15.9 Å². The molecule has 47 heavy (non-hydrogen) atoms. The first-order valence-electron chi connectivity index (χ1n) is 16.5. The Kier molecular flexibility index (Phi) is 7.63. The minimum Gasteiger partial charge on any atom is -0.347 e. The second kappa shape index (κ2) is 10.9. The maximum absolute atomic E-state index is 14.8. The number of aryl methyl sites for hydroxylation is 1. The predicted octanol–water partition coefficient (Wildman–Crippen LogP) is 4.18. The summed E-state index contributed by atoms with van der Waals surface area (Å²) in [5.41, 5.74) is 0.394. The number of aliphatic hydroxyl groups is 1. The molecule has 4 saturated heterocycles. The summed E-state index contributed by atoms with van der Waals surface area (Å²) in [6, 6.07) is 2.87. The number of nitrogens with zero attached hydrogens (tertiary/aromatic N) is 4. The van der Waals surface area contributed by atoms with Crippen molar-refractivity contribution in [3.8, 4) is 0 Å². The van der Waals surface area contributed by atoms with Crippen LogP contribution in [0.2, 0.25) is 0 Å². The van der Waals surface area contributed by atoms with Crippen molar-refractivity contribution in [2.45, 2.75) is 102 Å². The summed E-state index contributed by atoms with van der Waals surface area (Å²) in [6.07, 6.45) is -3.12. The molecule has 256 valence electrons. The number of piperidine rings is 1. The summed E-state index contributed by atoms with van der Waals surface area (Å²) in [5, 5.41) is 15.8. The zero-order valence-corrected chi connectivity index (χ0v) is 28.7. The Morgan fingerprint density at radius 2 is 1.94 bits per heavy atom. The lowest BCUT2D eigenvalue weighted by Gasteiger charge is -2.49. The van der Waals surface area contributed by atoms with Crippen molar-refractivity contribution in [1.82, 2.24) is 24.6 Å². The average Bonchev–Trinajstić information content (AvgIpc) is 3.66. The Hall–Kier alpha value is -2.68. The number of piperazine rings is 1. The maximum Gasteiger partial charge on any atom is 0.460 e. The number of alkyl halides is 3. The summed E-state index contributed by atoms with van der Waals surface area (Å²) in [6.45, 7) is 6.95. The summed E-state index contributed by atoms with van der Waals surface area (Å²) >= 11 is 3.59. The molecule has 0 spiro atoms. The minimum atomic E-state index is -4.71. The van der Waals surface area contributed by atoms with Crippen molar-refractivity contribution in [1.29, 1.82) is 0 Å². The number of hydrogen-bond donors (Lipinski definition) is 2. The van der Waals surface area contributed by atoms with Gasteiger partial charge in [0.25, 0.3) is 11.8 Å². The van der Waals surface area contributed by atoms with Crippen molar-refractivity contribution >= 4 is 44.6 Å². The number of rotatable bonds is 5. The van der Waals surface area contributed by atoms with Gasteiger partial charge in [-0.1, -0.05) is 39.8 Å². The second-order valence-corrected chi connectivity index (χ2v) is 15.4. The van der Waals surface area contributed by atoms with E-state index in [1.807, 2.05) is 43.7 Å². The number of amides is 3. The molecule has 7 atom stereocenters. The molecule has 5 aliphatic rings. The van der Waals surface area contributed by atoms with E-state index in [4.69, 9.17) is 4.74 Å². The Bertz CT molecular complexity index is 1660. The average molecular weight is 725 g/mol. The highest BCUT2D eigenvalue weighted by Gasteiger charge is 2.72. The summed E-state index contributed by atoms with van der Waals surface area (Å²) in [7, 11) is 1.86. The fourth-order valence-corrected chi connectivity index (χ4v) is 9.53. The van der Waals surface area contributed by atoms with Crippen LogP contribution in [0.25, 0.3) is 10.9 Å². The van der Waals surface area contributed by atoms with Gasteiger partial charge in [-0.2, -0.15) is 13.2 Å². The van der Waals surface area contributed by atoms with Crippen molar-refractivity contribution in [2.75, 3.05) is 13.1 Å². The highest BCUT2D eigenvalue weighted by atomic mass is 79.9. The van der Waals surface area contributed by atoms with Crippen LogP contribution in [-0.4, -0.2) is 91.2 Å². The number of likely N-dealkylation sites (tertiary alicyclic amines) is 1. The van der Waals surface area contributed by atoms with Gasteiger partial charge in [-0.25, -0.2) is 4.90 Å². The van der Waals surface area contributed by atoms with E-state index >= 15 is 0 Å². The molecule has 14 heteroatoms. The topological polar surface area (TPSA) is 107 Å². The first kappa shape index (κ1) is 32.8. The van der Waals surface area contributed by atoms with Gasteiger partial charge in [0, 0.05) is 48.9 Å². The van der Waals surface area contributed by atoms with E-state index < -0.39 is 72.2 Å². The third-order valence-electron chi connectivity index (χ3n) is 11.2. The van der Waals surface area contributed by atoms with Gasteiger partial charge in [0.05, 0.1) is 10.5 Å². The normalized spacial score (nSPS) is 34.0. The summed E-state index contributed by atoms with van der Waals surface area (Å²) in [4.78, 5) is 45.5. The Morgan fingerprint density at radius 3 is 2.60 bits per heavy atom. The van der Waals surface area contributed by atoms with Gasteiger partial charge in [-0.15, -0.1) is 0 Å². The van der Waals surface area contributed by atoms with Crippen LogP contribution in [0.15, 0.2) is 22.8 Å². The lowest BCUT2D eigenvalue weighted by atomic mass is 9.72. The number of nitrogens with one attached hydrogen (secondary N) is 1. The Labute approximate surface area is 279 Å². The fourth-order valence-electron chi connectivity index (χ4n) is 8.97. The monoisotopic (exact) mass is 723 g/mol. The molecule has 10 nitrogen and oxygen atoms in total. The first-order chi connectivity index (χ1) is 22.0. The number of benzene rings is 1.